The van der Waals surface area contributed by atoms with Gasteiger partial charge in [-0.1, -0.05) is 178 Å². The number of para-hydroxylation sites is 2. The summed E-state index contributed by atoms with van der Waals surface area (Å²) in [7, 11) is 0. The smallest absolute Gasteiger partial charge is 0.131 e. The van der Waals surface area contributed by atoms with Crippen LogP contribution in [-0.2, 0) is 21.7 Å². The number of rotatable bonds is 7. The molecule has 2 nitrogen and oxygen atoms in total. The Kier molecular flexibility index (Phi) is 15.3. The standard InChI is InChI=1S/2C18H14O.C8H14.Ti/c2*19-18-16(14-8-3-1-4-9-14)12-7-13-17(18)15-10-5-2-6-11-15;1-5-6-8(4)7(2)3;/h2*1-13,19H;1-2,5-6H2,3-4H3;/q;;-1;. The van der Waals surface area contributed by atoms with Crippen LogP contribution in [0.1, 0.15) is 26.7 Å². The van der Waals surface area contributed by atoms with Gasteiger partial charge in [-0.2, -0.15) is 6.42 Å². The number of hydrogen-bond acceptors (Lipinski definition) is 2. The van der Waals surface area contributed by atoms with Crippen LogP contribution in [0.25, 0.3) is 44.5 Å². The molecule has 0 aliphatic heterocycles. The van der Waals surface area contributed by atoms with Crippen LogP contribution in [0.15, 0.2) is 158 Å². The fourth-order valence-corrected chi connectivity index (χ4v) is 4.97. The van der Waals surface area contributed by atoms with Crippen molar-refractivity contribution < 1.29 is 31.9 Å². The summed E-state index contributed by atoms with van der Waals surface area (Å²) < 4.78 is 0. The Bertz CT molecular complexity index is 1490. The largest absolute Gasteiger partial charge is 0.507 e. The average Bonchev–Trinajstić information content (AvgIpc) is 3.11. The molecule has 0 aromatic heterocycles. The van der Waals surface area contributed by atoms with E-state index in [-0.39, 0.29) is 21.7 Å². The van der Waals surface area contributed by atoms with Gasteiger partial charge in [0.1, 0.15) is 11.5 Å². The molecule has 6 aromatic rings. The van der Waals surface area contributed by atoms with E-state index >= 15 is 0 Å². The molecular weight excluding hydrogens is 608 g/mol. The van der Waals surface area contributed by atoms with Crippen molar-refractivity contribution in [2.45, 2.75) is 26.7 Å². The fraction of sp³-hybridized carbons (Fsp3) is 0.0909. The third-order valence-electron chi connectivity index (χ3n) is 7.69. The van der Waals surface area contributed by atoms with Gasteiger partial charge in [0.05, 0.1) is 0 Å². The second-order valence-electron chi connectivity index (χ2n) is 11.0. The summed E-state index contributed by atoms with van der Waals surface area (Å²) in [6, 6.07) is 51.5. The van der Waals surface area contributed by atoms with Gasteiger partial charge in [0.15, 0.2) is 0 Å². The summed E-state index contributed by atoms with van der Waals surface area (Å²) in [6.07, 6.45) is 2.08. The number of aromatic hydroxyl groups is 2. The maximum atomic E-state index is 10.5. The molecule has 0 fully saturated rings. The van der Waals surface area contributed by atoms with E-state index in [1.54, 1.807) is 0 Å². The van der Waals surface area contributed by atoms with Gasteiger partial charge in [-0.3, -0.25) is 0 Å². The Labute approximate surface area is 296 Å². The van der Waals surface area contributed by atoms with Crippen LogP contribution in [0.2, 0.25) is 0 Å². The van der Waals surface area contributed by atoms with Gasteiger partial charge >= 0.3 is 0 Å². The Morgan fingerprint density at radius 3 is 0.915 bits per heavy atom. The predicted octanol–water partition coefficient (Wildman–Crippen LogP) is 12.1. The van der Waals surface area contributed by atoms with Gasteiger partial charge in [-0.15, -0.1) is 0 Å². The van der Waals surface area contributed by atoms with Crippen LogP contribution in [0.4, 0.5) is 0 Å². The second kappa shape index (κ2) is 19.3. The van der Waals surface area contributed by atoms with Crippen molar-refractivity contribution >= 4 is 0 Å². The van der Waals surface area contributed by atoms with Gasteiger partial charge in [0.2, 0.25) is 0 Å². The molecule has 0 saturated carbocycles. The fourth-order valence-electron chi connectivity index (χ4n) is 4.97. The molecule has 3 heteroatoms. The number of benzene rings is 6. The maximum Gasteiger partial charge on any atom is 0.131 e. The topological polar surface area (TPSA) is 40.5 Å². The van der Waals surface area contributed by atoms with Crippen molar-refractivity contribution in [2.75, 3.05) is 0 Å². The van der Waals surface area contributed by atoms with Gasteiger partial charge < -0.3 is 17.1 Å². The second-order valence-corrected chi connectivity index (χ2v) is 11.0. The first kappa shape index (κ1) is 37.1. The van der Waals surface area contributed by atoms with Crippen molar-refractivity contribution in [3.63, 3.8) is 0 Å². The molecule has 235 valence electrons. The molecule has 0 unspecified atom stereocenters. The molecule has 0 amide bonds. The van der Waals surface area contributed by atoms with Crippen LogP contribution in [0.5, 0.6) is 11.5 Å². The van der Waals surface area contributed by atoms with E-state index in [4.69, 9.17) is 0 Å². The summed E-state index contributed by atoms with van der Waals surface area (Å²) in [5, 5.41) is 21.0. The molecule has 0 saturated heterocycles. The molecule has 0 aliphatic rings. The van der Waals surface area contributed by atoms with Crippen molar-refractivity contribution in [3.8, 4) is 56.0 Å². The van der Waals surface area contributed by atoms with Crippen molar-refractivity contribution in [1.82, 2.24) is 0 Å². The van der Waals surface area contributed by atoms with E-state index < -0.39 is 0 Å². The zero-order chi connectivity index (χ0) is 32.7. The van der Waals surface area contributed by atoms with Crippen molar-refractivity contribution in [3.05, 3.63) is 183 Å². The van der Waals surface area contributed by atoms with Gasteiger partial charge in [0.25, 0.3) is 0 Å². The minimum atomic E-state index is 0. The minimum absolute atomic E-state index is 0. The molecule has 0 heterocycles. The van der Waals surface area contributed by atoms with Crippen LogP contribution in [0.3, 0.4) is 0 Å². The van der Waals surface area contributed by atoms with E-state index in [2.05, 4.69) is 20.8 Å². The van der Waals surface area contributed by atoms with E-state index in [9.17, 15) is 10.2 Å². The number of phenolic OH excluding ortho intramolecular Hbond substituents is 2. The molecule has 6 rings (SSSR count). The Balaban J connectivity index is 0.000000206. The third kappa shape index (κ3) is 10.6. The Morgan fingerprint density at radius 2 is 0.723 bits per heavy atom. The predicted molar refractivity (Wildman–Crippen MR) is 196 cm³/mol. The van der Waals surface area contributed by atoms with Crippen molar-refractivity contribution in [2.24, 2.45) is 0 Å². The van der Waals surface area contributed by atoms with Gasteiger partial charge in [0, 0.05) is 44.0 Å². The summed E-state index contributed by atoms with van der Waals surface area (Å²) in [4.78, 5) is 0. The molecule has 0 atom stereocenters. The van der Waals surface area contributed by atoms with E-state index in [1.165, 1.54) is 11.8 Å². The number of phenols is 2. The minimum Gasteiger partial charge on any atom is -0.507 e. The van der Waals surface area contributed by atoms with Crippen LogP contribution in [-0.4, -0.2) is 10.2 Å². The Hall–Kier alpha value is -4.37. The van der Waals surface area contributed by atoms with Crippen LogP contribution >= 0.6 is 0 Å². The first-order valence-electron chi connectivity index (χ1n) is 15.5. The van der Waals surface area contributed by atoms with Crippen LogP contribution in [0, 0.1) is 25.7 Å². The molecular formula is C44H42O2Ti-. The molecule has 2 N–H and O–H groups in total. The van der Waals surface area contributed by atoms with Crippen molar-refractivity contribution in [1.29, 1.82) is 0 Å². The molecule has 0 bridgehead atoms. The summed E-state index contributed by atoms with van der Waals surface area (Å²) >= 11 is 0. The average molecular weight is 651 g/mol. The number of hydrogen-bond donors (Lipinski definition) is 2. The van der Waals surface area contributed by atoms with E-state index in [0.29, 0.717) is 11.5 Å². The third-order valence-corrected chi connectivity index (χ3v) is 7.69. The first-order chi connectivity index (χ1) is 22.4. The quantitative estimate of drug-likeness (QED) is 0.133. The summed E-state index contributed by atoms with van der Waals surface area (Å²) in [6.45, 7) is 11.7. The van der Waals surface area contributed by atoms with Gasteiger partial charge in [-0.05, 0) is 41.0 Å². The monoisotopic (exact) mass is 650 g/mol. The van der Waals surface area contributed by atoms with Crippen LogP contribution < -0.4 is 0 Å². The Morgan fingerprint density at radius 1 is 0.468 bits per heavy atom. The molecule has 6 aromatic carbocycles. The van der Waals surface area contributed by atoms with E-state index in [1.807, 2.05) is 165 Å². The molecule has 3 radical (unpaired) electrons. The van der Waals surface area contributed by atoms with E-state index in [0.717, 1.165) is 57.3 Å². The normalized spacial score (nSPS) is 10.3. The SMILES string of the molecule is Oc1c(-c2ccccc2)cccc1-c1ccccc1.Oc1c(-c2ccccc2)cccc1-c1ccccc1.[CH2][C](C)[C](C)CC[CH2-].[Ti]. The molecule has 0 aliphatic carbocycles. The summed E-state index contributed by atoms with van der Waals surface area (Å²) in [5.41, 5.74) is 7.55. The maximum absolute atomic E-state index is 10.5. The molecule has 47 heavy (non-hydrogen) atoms. The zero-order valence-electron chi connectivity index (χ0n) is 27.2. The zero-order valence-corrected chi connectivity index (χ0v) is 28.8. The van der Waals surface area contributed by atoms with Gasteiger partial charge in [-0.25, -0.2) is 0 Å². The molecule has 0 spiro atoms. The first-order valence-corrected chi connectivity index (χ1v) is 15.5. The summed E-state index contributed by atoms with van der Waals surface area (Å²) in [5.74, 6) is 3.23.